The van der Waals surface area contributed by atoms with Gasteiger partial charge in [0, 0.05) is 38.4 Å². The molecule has 2 heterocycles. The number of ether oxygens (including phenoxy) is 1. The lowest BCUT2D eigenvalue weighted by molar-refractivity contribution is -0.154. The van der Waals surface area contributed by atoms with Crippen LogP contribution in [0, 0.1) is 0 Å². The van der Waals surface area contributed by atoms with E-state index in [-0.39, 0.29) is 17.6 Å². The molecule has 0 radical (unpaired) electrons. The smallest absolute Gasteiger partial charge is 0.422 e. The molecule has 1 aliphatic heterocycles. The van der Waals surface area contributed by atoms with Gasteiger partial charge in [-0.05, 0) is 23.8 Å². The molecular formula is C23H22F6N6O. The summed E-state index contributed by atoms with van der Waals surface area (Å²) < 4.78 is 81.9. The highest BCUT2D eigenvalue weighted by molar-refractivity contribution is 5.56. The van der Waals surface area contributed by atoms with Crippen LogP contribution in [-0.2, 0) is 12.7 Å². The highest BCUT2D eigenvalue weighted by Gasteiger charge is 2.31. The molecule has 1 saturated heterocycles. The summed E-state index contributed by atoms with van der Waals surface area (Å²) in [7, 11) is 0. The summed E-state index contributed by atoms with van der Waals surface area (Å²) in [6.07, 6.45) is -9.19. The van der Waals surface area contributed by atoms with Crippen LogP contribution in [-0.4, -0.2) is 58.8 Å². The summed E-state index contributed by atoms with van der Waals surface area (Å²) in [6.45, 7) is 1.39. The topological polar surface area (TPSA) is 66.4 Å². The Balaban J connectivity index is 1.51. The SMILES string of the molecule is FC(F)(F)COc1nc(Nc2cccc(C(F)(F)F)c2)nc(N2CCN(Cc3ccccc3)CC2)n1. The number of alkyl halides is 6. The summed E-state index contributed by atoms with van der Waals surface area (Å²) >= 11 is 0. The molecule has 0 amide bonds. The van der Waals surface area contributed by atoms with Gasteiger partial charge in [-0.2, -0.15) is 41.3 Å². The molecule has 36 heavy (non-hydrogen) atoms. The van der Waals surface area contributed by atoms with Gasteiger partial charge in [-0.1, -0.05) is 36.4 Å². The van der Waals surface area contributed by atoms with Crippen LogP contribution in [0.2, 0.25) is 0 Å². The first-order chi connectivity index (χ1) is 17.0. The predicted molar refractivity (Wildman–Crippen MR) is 120 cm³/mol. The molecule has 1 N–H and O–H groups in total. The second-order valence-corrected chi connectivity index (χ2v) is 8.10. The minimum atomic E-state index is -4.62. The van der Waals surface area contributed by atoms with E-state index in [1.807, 2.05) is 30.3 Å². The van der Waals surface area contributed by atoms with Crippen LogP contribution in [0.1, 0.15) is 11.1 Å². The number of benzene rings is 2. The van der Waals surface area contributed by atoms with E-state index in [0.717, 1.165) is 24.2 Å². The minimum absolute atomic E-state index is 0.0106. The standard InChI is InChI=1S/C23H22F6N6O/c24-22(25,26)15-36-21-32-19(30-18-8-4-7-17(13-18)23(27,28)29)31-20(33-21)35-11-9-34(10-12-35)14-16-5-2-1-3-6-16/h1-8,13H,9-12,14-15H2,(H,30,31,32,33). The molecule has 192 valence electrons. The molecule has 0 bridgehead atoms. The third-order valence-electron chi connectivity index (χ3n) is 5.32. The Labute approximate surface area is 202 Å². The van der Waals surface area contributed by atoms with Crippen molar-refractivity contribution < 1.29 is 31.1 Å². The maximum atomic E-state index is 13.1. The van der Waals surface area contributed by atoms with E-state index in [2.05, 4.69) is 25.2 Å². The number of aromatic nitrogens is 3. The fraction of sp³-hybridized carbons (Fsp3) is 0.348. The Morgan fingerprint density at radius 1 is 0.833 bits per heavy atom. The van der Waals surface area contributed by atoms with Crippen LogP contribution >= 0.6 is 0 Å². The van der Waals surface area contributed by atoms with Gasteiger partial charge in [0.05, 0.1) is 5.56 Å². The van der Waals surface area contributed by atoms with E-state index < -0.39 is 30.5 Å². The zero-order valence-electron chi connectivity index (χ0n) is 18.9. The number of hydrogen-bond acceptors (Lipinski definition) is 7. The molecule has 0 saturated carbocycles. The van der Waals surface area contributed by atoms with Crippen molar-refractivity contribution in [2.75, 3.05) is 43.0 Å². The average Bonchev–Trinajstić information content (AvgIpc) is 2.83. The fourth-order valence-corrected chi connectivity index (χ4v) is 3.60. The van der Waals surface area contributed by atoms with Crippen molar-refractivity contribution in [3.63, 3.8) is 0 Å². The number of nitrogens with one attached hydrogen (secondary N) is 1. The second kappa shape index (κ2) is 10.6. The molecule has 1 fully saturated rings. The van der Waals surface area contributed by atoms with Gasteiger partial charge in [-0.3, -0.25) is 4.90 Å². The molecule has 0 atom stereocenters. The number of hydrogen-bond donors (Lipinski definition) is 1. The van der Waals surface area contributed by atoms with Crippen LogP contribution in [0.4, 0.5) is 43.9 Å². The summed E-state index contributed by atoms with van der Waals surface area (Å²) in [5.74, 6) is -0.167. The second-order valence-electron chi connectivity index (χ2n) is 8.10. The molecule has 7 nitrogen and oxygen atoms in total. The first-order valence-corrected chi connectivity index (χ1v) is 11.0. The fourth-order valence-electron chi connectivity index (χ4n) is 3.60. The van der Waals surface area contributed by atoms with E-state index in [4.69, 9.17) is 4.74 Å². The number of nitrogens with zero attached hydrogens (tertiary/aromatic N) is 5. The van der Waals surface area contributed by atoms with Crippen molar-refractivity contribution in [1.29, 1.82) is 0 Å². The number of piperazine rings is 1. The summed E-state index contributed by atoms with van der Waals surface area (Å²) in [4.78, 5) is 16.0. The molecule has 3 aromatic rings. The summed E-state index contributed by atoms with van der Waals surface area (Å²) in [5.41, 5.74) is 0.266. The van der Waals surface area contributed by atoms with Gasteiger partial charge in [0.2, 0.25) is 11.9 Å². The van der Waals surface area contributed by atoms with Crippen molar-refractivity contribution in [2.24, 2.45) is 0 Å². The Kier molecular flexibility index (Phi) is 7.48. The highest BCUT2D eigenvalue weighted by atomic mass is 19.4. The average molecular weight is 512 g/mol. The van der Waals surface area contributed by atoms with Gasteiger partial charge in [0.25, 0.3) is 0 Å². The van der Waals surface area contributed by atoms with Crippen molar-refractivity contribution in [2.45, 2.75) is 18.9 Å². The molecular weight excluding hydrogens is 490 g/mol. The summed E-state index contributed by atoms with van der Waals surface area (Å²) in [6, 6.07) is 13.6. The first kappa shape index (κ1) is 25.5. The van der Waals surface area contributed by atoms with Gasteiger partial charge in [0.1, 0.15) is 0 Å². The molecule has 4 rings (SSSR count). The third-order valence-corrected chi connectivity index (χ3v) is 5.32. The van der Waals surface area contributed by atoms with Crippen molar-refractivity contribution in [3.8, 4) is 6.01 Å². The van der Waals surface area contributed by atoms with Crippen LogP contribution in [0.25, 0.3) is 0 Å². The maximum Gasteiger partial charge on any atom is 0.422 e. The van der Waals surface area contributed by atoms with Gasteiger partial charge in [0.15, 0.2) is 6.61 Å². The minimum Gasteiger partial charge on any atom is -0.454 e. The van der Waals surface area contributed by atoms with Gasteiger partial charge in [-0.25, -0.2) is 0 Å². The highest BCUT2D eigenvalue weighted by Crippen LogP contribution is 2.31. The normalized spacial score (nSPS) is 15.1. The molecule has 1 aromatic heterocycles. The monoisotopic (exact) mass is 512 g/mol. The van der Waals surface area contributed by atoms with E-state index >= 15 is 0 Å². The third kappa shape index (κ3) is 7.20. The maximum absolute atomic E-state index is 13.1. The Hall–Kier alpha value is -3.61. The number of rotatable bonds is 7. The van der Waals surface area contributed by atoms with E-state index in [1.54, 1.807) is 4.90 Å². The Morgan fingerprint density at radius 3 is 2.22 bits per heavy atom. The zero-order chi connectivity index (χ0) is 25.8. The van der Waals surface area contributed by atoms with Gasteiger partial charge < -0.3 is 15.0 Å². The Morgan fingerprint density at radius 2 is 1.56 bits per heavy atom. The van der Waals surface area contributed by atoms with Gasteiger partial charge in [-0.15, -0.1) is 0 Å². The molecule has 0 spiro atoms. The summed E-state index contributed by atoms with van der Waals surface area (Å²) in [5, 5.41) is 2.61. The van der Waals surface area contributed by atoms with Gasteiger partial charge >= 0.3 is 18.4 Å². The molecule has 13 heteroatoms. The lowest BCUT2D eigenvalue weighted by Crippen LogP contribution is -2.46. The molecule has 0 aliphatic carbocycles. The molecule has 0 unspecified atom stereocenters. The van der Waals surface area contributed by atoms with E-state index in [0.29, 0.717) is 26.2 Å². The van der Waals surface area contributed by atoms with E-state index in [9.17, 15) is 26.3 Å². The lowest BCUT2D eigenvalue weighted by atomic mass is 10.2. The number of halogens is 6. The van der Waals surface area contributed by atoms with Crippen LogP contribution in [0.3, 0.4) is 0 Å². The number of anilines is 3. The van der Waals surface area contributed by atoms with Crippen LogP contribution in [0.5, 0.6) is 6.01 Å². The van der Waals surface area contributed by atoms with Crippen molar-refractivity contribution >= 4 is 17.6 Å². The van der Waals surface area contributed by atoms with Crippen LogP contribution < -0.4 is 15.0 Å². The van der Waals surface area contributed by atoms with E-state index in [1.165, 1.54) is 12.1 Å². The molecule has 2 aromatic carbocycles. The molecule has 1 aliphatic rings. The largest absolute Gasteiger partial charge is 0.454 e. The lowest BCUT2D eigenvalue weighted by Gasteiger charge is -2.34. The first-order valence-electron chi connectivity index (χ1n) is 11.0. The zero-order valence-corrected chi connectivity index (χ0v) is 18.9. The van der Waals surface area contributed by atoms with Crippen LogP contribution in [0.15, 0.2) is 54.6 Å². The van der Waals surface area contributed by atoms with Crippen molar-refractivity contribution in [3.05, 3.63) is 65.7 Å². The predicted octanol–water partition coefficient (Wildman–Crippen LogP) is 4.90. The Bertz CT molecular complexity index is 1150. The quantitative estimate of drug-likeness (QED) is 0.452. The van der Waals surface area contributed by atoms with Crippen molar-refractivity contribution in [1.82, 2.24) is 19.9 Å².